The first-order chi connectivity index (χ1) is 32.1. The van der Waals surface area contributed by atoms with E-state index < -0.39 is 59.8 Å². The van der Waals surface area contributed by atoms with Crippen LogP contribution in [0.3, 0.4) is 0 Å². The third kappa shape index (κ3) is 35.4. The topological polar surface area (TPSA) is 178 Å². The lowest BCUT2D eigenvalue weighted by Crippen LogP contribution is -2.60. The Morgan fingerprint density at radius 3 is 1.42 bits per heavy atom. The van der Waals surface area contributed by atoms with Crippen molar-refractivity contribution in [1.82, 2.24) is 0 Å². The predicted molar refractivity (Wildman–Crippen MR) is 266 cm³/mol. The Balaban J connectivity index is 2.49. The van der Waals surface area contributed by atoms with Crippen LogP contribution in [0.25, 0.3) is 0 Å². The molecule has 1 saturated heterocycles. The minimum absolute atomic E-state index is 0.0196. The Kier molecular flexibility index (Phi) is 38.9. The smallest absolute Gasteiger partial charge is 0.397 e. The number of hydrogen-bond donors (Lipinski definition) is 4. The molecule has 1 rings (SSSR count). The summed E-state index contributed by atoms with van der Waals surface area (Å²) in [7, 11) is -5.09. The van der Waals surface area contributed by atoms with Crippen LogP contribution in [0.1, 0.15) is 129 Å². The van der Waals surface area contributed by atoms with E-state index in [2.05, 4.69) is 146 Å². The molecule has 0 aromatic heterocycles. The lowest BCUT2D eigenvalue weighted by atomic mass is 9.99. The van der Waals surface area contributed by atoms with E-state index in [-0.39, 0.29) is 19.6 Å². The Bertz CT molecular complexity index is 1650. The van der Waals surface area contributed by atoms with E-state index in [0.717, 1.165) is 96.3 Å². The van der Waals surface area contributed by atoms with Gasteiger partial charge in [-0.3, -0.25) is 9.35 Å². The summed E-state index contributed by atoms with van der Waals surface area (Å²) in [6.07, 6.45) is 53.5. The van der Waals surface area contributed by atoms with Crippen molar-refractivity contribution in [3.63, 3.8) is 0 Å². The van der Waals surface area contributed by atoms with E-state index in [1.165, 1.54) is 0 Å². The molecule has 0 spiro atoms. The van der Waals surface area contributed by atoms with Crippen molar-refractivity contribution in [1.29, 1.82) is 0 Å². The number of ether oxygens (including phenoxy) is 4. The summed E-state index contributed by atoms with van der Waals surface area (Å²) in [5.74, 6) is -0.475. The van der Waals surface area contributed by atoms with E-state index in [1.807, 2.05) is 6.08 Å². The molecule has 0 saturated carbocycles. The molecule has 0 aromatic rings. The highest BCUT2D eigenvalue weighted by atomic mass is 32.3. The molecular formula is C53H82O12S. The van der Waals surface area contributed by atoms with E-state index in [1.54, 1.807) is 0 Å². The van der Waals surface area contributed by atoms with Crippen LogP contribution < -0.4 is 0 Å². The average molecular weight is 943 g/mol. The number of rotatable bonds is 39. The number of aliphatic hydroxyl groups excluding tert-OH is 3. The van der Waals surface area contributed by atoms with Gasteiger partial charge in [0.15, 0.2) is 6.29 Å². The molecule has 0 radical (unpaired) electrons. The number of esters is 1. The quantitative estimate of drug-likeness (QED) is 0.0199. The summed E-state index contributed by atoms with van der Waals surface area (Å²) < 4.78 is 59.0. The molecule has 6 unspecified atom stereocenters. The van der Waals surface area contributed by atoms with Gasteiger partial charge in [0.25, 0.3) is 0 Å². The van der Waals surface area contributed by atoms with Crippen molar-refractivity contribution >= 4 is 16.4 Å². The average Bonchev–Trinajstić information content (AvgIpc) is 3.29. The maximum atomic E-state index is 12.9. The molecule has 0 amide bonds. The van der Waals surface area contributed by atoms with Crippen LogP contribution in [0.2, 0.25) is 0 Å². The largest absolute Gasteiger partial charge is 0.457 e. The van der Waals surface area contributed by atoms with E-state index in [4.69, 9.17) is 18.9 Å². The van der Waals surface area contributed by atoms with Gasteiger partial charge in [-0.05, 0) is 103 Å². The van der Waals surface area contributed by atoms with Crippen molar-refractivity contribution in [2.75, 3.05) is 26.4 Å². The van der Waals surface area contributed by atoms with Crippen LogP contribution >= 0.6 is 0 Å². The number of unbranched alkanes of at least 4 members (excludes halogenated alkanes) is 4. The van der Waals surface area contributed by atoms with Crippen molar-refractivity contribution in [2.24, 2.45) is 0 Å². The molecule has 66 heavy (non-hydrogen) atoms. The second-order valence-electron chi connectivity index (χ2n) is 15.6. The molecule has 1 aliphatic heterocycles. The van der Waals surface area contributed by atoms with Crippen LogP contribution in [0.4, 0.5) is 0 Å². The fraction of sp³-hybridized carbons (Fsp3) is 0.566. The number of allylic oxidation sites excluding steroid dienone is 22. The third-order valence-electron chi connectivity index (χ3n) is 9.77. The monoisotopic (exact) mass is 943 g/mol. The van der Waals surface area contributed by atoms with Crippen LogP contribution in [0.5, 0.6) is 0 Å². The summed E-state index contributed by atoms with van der Waals surface area (Å²) in [5.41, 5.74) is 0. The molecule has 4 N–H and O–H groups in total. The molecular weight excluding hydrogens is 861 g/mol. The molecule has 1 heterocycles. The maximum absolute atomic E-state index is 12.9. The highest BCUT2D eigenvalue weighted by Crippen LogP contribution is 2.26. The Morgan fingerprint density at radius 1 is 0.576 bits per heavy atom. The highest BCUT2D eigenvalue weighted by molar-refractivity contribution is 7.80. The fourth-order valence-electron chi connectivity index (χ4n) is 6.24. The van der Waals surface area contributed by atoms with Gasteiger partial charge in [0.05, 0.1) is 19.8 Å². The van der Waals surface area contributed by atoms with Crippen LogP contribution in [-0.4, -0.2) is 97.5 Å². The van der Waals surface area contributed by atoms with Crippen molar-refractivity contribution in [2.45, 2.75) is 166 Å². The SMILES string of the molecule is CC/C=C\C/C=C\C/C=C\C/C=C\C/C=C\C/C=C\C/C=C\CCCC(=O)OC(COCCCCC/C=C\C/C=C\C/C=C\C/C=C\CC)COC1OC(CO)C(O)C(OS(=O)(=O)O)C1O. The van der Waals surface area contributed by atoms with E-state index in [9.17, 15) is 33.1 Å². The zero-order valence-corrected chi connectivity index (χ0v) is 40.5. The van der Waals surface area contributed by atoms with Gasteiger partial charge in [0.2, 0.25) is 0 Å². The van der Waals surface area contributed by atoms with Gasteiger partial charge in [-0.25, -0.2) is 4.18 Å². The van der Waals surface area contributed by atoms with E-state index in [0.29, 0.717) is 19.4 Å². The van der Waals surface area contributed by atoms with Crippen molar-refractivity contribution in [3.8, 4) is 0 Å². The Morgan fingerprint density at radius 2 is 1.00 bits per heavy atom. The van der Waals surface area contributed by atoms with Gasteiger partial charge in [0.1, 0.15) is 30.5 Å². The Hall–Kier alpha value is -3.76. The molecule has 12 nitrogen and oxygen atoms in total. The highest BCUT2D eigenvalue weighted by Gasteiger charge is 2.48. The number of hydrogen-bond acceptors (Lipinski definition) is 11. The van der Waals surface area contributed by atoms with Crippen molar-refractivity contribution in [3.05, 3.63) is 134 Å². The molecule has 372 valence electrons. The minimum atomic E-state index is -5.09. The number of carbonyl (C=O) groups excluding carboxylic acids is 1. The normalized spacial score (nSPS) is 20.7. The maximum Gasteiger partial charge on any atom is 0.397 e. The van der Waals surface area contributed by atoms with Gasteiger partial charge in [-0.1, -0.05) is 154 Å². The molecule has 0 aromatic carbocycles. The Labute approximate surface area is 397 Å². The van der Waals surface area contributed by atoms with Gasteiger partial charge < -0.3 is 34.3 Å². The minimum Gasteiger partial charge on any atom is -0.457 e. The van der Waals surface area contributed by atoms with Crippen LogP contribution in [0, 0.1) is 0 Å². The summed E-state index contributed by atoms with van der Waals surface area (Å²) in [5, 5.41) is 30.7. The third-order valence-corrected chi connectivity index (χ3v) is 10.2. The van der Waals surface area contributed by atoms with Gasteiger partial charge in [-0.15, -0.1) is 0 Å². The van der Waals surface area contributed by atoms with Gasteiger partial charge in [0, 0.05) is 13.0 Å². The van der Waals surface area contributed by atoms with Gasteiger partial charge >= 0.3 is 16.4 Å². The first kappa shape index (κ1) is 60.3. The summed E-state index contributed by atoms with van der Waals surface area (Å²) >= 11 is 0. The second kappa shape index (κ2) is 42.6. The predicted octanol–water partition coefficient (Wildman–Crippen LogP) is 10.7. The first-order valence-electron chi connectivity index (χ1n) is 23.9. The van der Waals surface area contributed by atoms with E-state index >= 15 is 0 Å². The number of carbonyl (C=O) groups is 1. The molecule has 1 aliphatic rings. The first-order valence-corrected chi connectivity index (χ1v) is 25.3. The lowest BCUT2D eigenvalue weighted by molar-refractivity contribution is -0.301. The number of aliphatic hydroxyl groups is 3. The molecule has 1 fully saturated rings. The zero-order valence-electron chi connectivity index (χ0n) is 39.7. The summed E-state index contributed by atoms with van der Waals surface area (Å²) in [4.78, 5) is 12.9. The molecule has 0 bridgehead atoms. The second-order valence-corrected chi connectivity index (χ2v) is 16.6. The standard InChI is InChI=1S/C53H82O12S/c1-3-5-7-9-11-13-15-17-19-21-22-23-24-25-26-27-28-30-32-34-36-38-40-42-49(55)63-47(46-62-53-51(57)52(65-66(58,59)60)50(56)48(44-54)64-53)45-61-43-41-39-37-35-33-31-29-20-18-16-14-12-10-8-6-4-2/h5-8,11-14,17-20,22-23,25-26,28,30-31,33-34,36,47-48,50-54,56-57H,3-4,9-10,15-16,21,24,27,29,32,35,37-46H2,1-2H3,(H,58,59,60)/b7-5-,8-6-,13-11-,14-12-,19-17-,20-18-,23-22-,26-25-,30-28-,33-31-,36-34-. The van der Waals surface area contributed by atoms with Crippen LogP contribution in [0.15, 0.2) is 134 Å². The van der Waals surface area contributed by atoms with Gasteiger partial charge in [-0.2, -0.15) is 8.42 Å². The molecule has 6 atom stereocenters. The summed E-state index contributed by atoms with van der Waals surface area (Å²) in [6, 6.07) is 0. The fourth-order valence-corrected chi connectivity index (χ4v) is 6.75. The lowest BCUT2D eigenvalue weighted by Gasteiger charge is -2.41. The zero-order chi connectivity index (χ0) is 48.2. The molecule has 0 aliphatic carbocycles. The molecule has 13 heteroatoms. The summed E-state index contributed by atoms with van der Waals surface area (Å²) in [6.45, 7) is 3.57. The van der Waals surface area contributed by atoms with Crippen molar-refractivity contribution < 1.29 is 56.2 Å². The van der Waals surface area contributed by atoms with Crippen LogP contribution in [-0.2, 0) is 38.3 Å².